The summed E-state index contributed by atoms with van der Waals surface area (Å²) in [6.45, 7) is -3.59. The first-order valence-corrected chi connectivity index (χ1v) is 5.87. The van der Waals surface area contributed by atoms with Crippen molar-refractivity contribution in [1.29, 1.82) is 0 Å². The van der Waals surface area contributed by atoms with Gasteiger partial charge in [0, 0.05) is 10.0 Å². The predicted molar refractivity (Wildman–Crippen MR) is 60.1 cm³/mol. The molecule has 0 fully saturated rings. The number of hydrogen-bond donors (Lipinski definition) is 1. The van der Waals surface area contributed by atoms with Gasteiger partial charge in [0.05, 0.1) is 5.69 Å². The van der Waals surface area contributed by atoms with E-state index in [0.29, 0.717) is 0 Å². The molecule has 12 heteroatoms. The van der Waals surface area contributed by atoms with Crippen LogP contribution in [0, 0.1) is 0 Å². The number of anilines is 1. The van der Waals surface area contributed by atoms with Crippen LogP contribution in [0.5, 0.6) is 5.75 Å². The van der Waals surface area contributed by atoms with Crippen LogP contribution in [-0.2, 0) is 5.67 Å². The van der Waals surface area contributed by atoms with E-state index in [-0.39, 0.29) is 12.1 Å². The lowest BCUT2D eigenvalue weighted by atomic mass is 9.93. The highest BCUT2D eigenvalue weighted by Gasteiger charge is 2.73. The highest BCUT2D eigenvalue weighted by atomic mass is 79.9. The highest BCUT2D eigenvalue weighted by molar-refractivity contribution is 9.10. The number of benzene rings is 1. The van der Waals surface area contributed by atoms with Crippen LogP contribution in [0.15, 0.2) is 16.6 Å². The Balaban J connectivity index is 3.62. The van der Waals surface area contributed by atoms with Crippen molar-refractivity contribution in [3.8, 4) is 5.75 Å². The van der Waals surface area contributed by atoms with Gasteiger partial charge in [0.15, 0.2) is 5.75 Å². The van der Waals surface area contributed by atoms with E-state index < -0.39 is 46.1 Å². The molecule has 2 nitrogen and oxygen atoms in total. The Kier molecular flexibility index (Phi) is 4.85. The average molecular weight is 406 g/mol. The van der Waals surface area contributed by atoms with Crippen molar-refractivity contribution in [1.82, 2.24) is 0 Å². The first-order chi connectivity index (χ1) is 9.71. The number of alkyl halides is 9. The lowest BCUT2D eigenvalue weighted by Crippen LogP contribution is -2.50. The van der Waals surface area contributed by atoms with E-state index in [9.17, 15) is 39.5 Å². The van der Waals surface area contributed by atoms with Gasteiger partial charge < -0.3 is 10.5 Å². The molecule has 1 rings (SSSR count). The van der Waals surface area contributed by atoms with Crippen molar-refractivity contribution in [3.05, 3.63) is 22.2 Å². The summed E-state index contributed by atoms with van der Waals surface area (Å²) in [6.07, 6.45) is -12.8. The minimum atomic E-state index is -6.39. The molecule has 126 valence electrons. The molecular formula is C10H5BrF9NO. The molecule has 0 saturated heterocycles. The maximum absolute atomic E-state index is 13.8. The maximum atomic E-state index is 13.8. The van der Waals surface area contributed by atoms with Crippen LogP contribution in [0.25, 0.3) is 0 Å². The van der Waals surface area contributed by atoms with Gasteiger partial charge in [0.2, 0.25) is 0 Å². The molecule has 1 aromatic carbocycles. The molecular weight excluding hydrogens is 401 g/mol. The van der Waals surface area contributed by atoms with Crippen LogP contribution in [0.1, 0.15) is 5.56 Å². The zero-order chi connectivity index (χ0) is 17.5. The summed E-state index contributed by atoms with van der Waals surface area (Å²) in [5, 5.41) is 0. The van der Waals surface area contributed by atoms with E-state index in [2.05, 4.69) is 20.7 Å². The van der Waals surface area contributed by atoms with Crippen LogP contribution < -0.4 is 10.5 Å². The highest BCUT2D eigenvalue weighted by Crippen LogP contribution is 2.54. The van der Waals surface area contributed by atoms with Gasteiger partial charge in [-0.05, 0) is 28.1 Å². The third kappa shape index (κ3) is 3.20. The fourth-order valence-corrected chi connectivity index (χ4v) is 1.92. The SMILES string of the molecule is Nc1c(Br)cc(C(F)(C(F)(F)F)C(F)(F)F)cc1OC(F)F. The number of ether oxygens (including phenoxy) is 1. The second-order valence-electron chi connectivity index (χ2n) is 3.90. The fourth-order valence-electron chi connectivity index (χ4n) is 1.47. The smallest absolute Gasteiger partial charge is 0.433 e. The first-order valence-electron chi connectivity index (χ1n) is 5.08. The van der Waals surface area contributed by atoms with Gasteiger partial charge in [0.25, 0.3) is 0 Å². The van der Waals surface area contributed by atoms with Crippen molar-refractivity contribution in [2.75, 3.05) is 5.73 Å². The summed E-state index contributed by atoms with van der Waals surface area (Å²) >= 11 is 2.46. The van der Waals surface area contributed by atoms with Crippen LogP contribution in [0.4, 0.5) is 45.2 Å². The third-order valence-corrected chi connectivity index (χ3v) is 3.14. The largest absolute Gasteiger partial charge is 0.435 e. The molecule has 0 saturated carbocycles. The van der Waals surface area contributed by atoms with Gasteiger partial charge in [-0.15, -0.1) is 0 Å². The Morgan fingerprint density at radius 1 is 0.955 bits per heavy atom. The van der Waals surface area contributed by atoms with Gasteiger partial charge in [-0.1, -0.05) is 0 Å². The minimum Gasteiger partial charge on any atom is -0.433 e. The van der Waals surface area contributed by atoms with E-state index >= 15 is 0 Å². The van der Waals surface area contributed by atoms with Gasteiger partial charge >= 0.3 is 24.6 Å². The maximum Gasteiger partial charge on any atom is 0.435 e. The van der Waals surface area contributed by atoms with Crippen LogP contribution in [0.3, 0.4) is 0 Å². The van der Waals surface area contributed by atoms with E-state index in [4.69, 9.17) is 5.73 Å². The lowest BCUT2D eigenvalue weighted by molar-refractivity contribution is -0.348. The Hall–Kier alpha value is -1.33. The molecule has 0 amide bonds. The van der Waals surface area contributed by atoms with Crippen molar-refractivity contribution >= 4 is 21.6 Å². The lowest BCUT2D eigenvalue weighted by Gasteiger charge is -2.30. The van der Waals surface area contributed by atoms with Crippen LogP contribution in [-0.4, -0.2) is 19.0 Å². The van der Waals surface area contributed by atoms with E-state index in [0.717, 1.165) is 0 Å². The van der Waals surface area contributed by atoms with E-state index in [1.165, 1.54) is 0 Å². The number of nitrogens with two attached hydrogens (primary N) is 1. The molecule has 0 heterocycles. The van der Waals surface area contributed by atoms with E-state index in [1.807, 2.05) is 0 Å². The monoisotopic (exact) mass is 405 g/mol. The number of nitrogen functional groups attached to an aromatic ring is 1. The molecule has 0 aromatic heterocycles. The number of halogens is 10. The van der Waals surface area contributed by atoms with E-state index in [1.54, 1.807) is 0 Å². The number of hydrogen-bond acceptors (Lipinski definition) is 2. The Morgan fingerprint density at radius 2 is 1.41 bits per heavy atom. The molecule has 0 aliphatic carbocycles. The summed E-state index contributed by atoms with van der Waals surface area (Å²) in [7, 11) is 0. The predicted octanol–water partition coefficient (Wildman–Crippen LogP) is 4.92. The molecule has 2 N–H and O–H groups in total. The third-order valence-electron chi connectivity index (χ3n) is 2.49. The normalized spacial score (nSPS) is 13.6. The summed E-state index contributed by atoms with van der Waals surface area (Å²) < 4.78 is 117. The van der Waals surface area contributed by atoms with Gasteiger partial charge in [0.1, 0.15) is 0 Å². The molecule has 0 aliphatic heterocycles. The number of rotatable bonds is 3. The summed E-state index contributed by atoms with van der Waals surface area (Å²) in [5.74, 6) is -1.23. The molecule has 0 aliphatic rings. The molecule has 0 atom stereocenters. The van der Waals surface area contributed by atoms with Gasteiger partial charge in [-0.25, -0.2) is 4.39 Å². The van der Waals surface area contributed by atoms with Crippen molar-refractivity contribution < 1.29 is 44.3 Å². The van der Waals surface area contributed by atoms with Crippen molar-refractivity contribution in [2.24, 2.45) is 0 Å². The molecule has 0 unspecified atom stereocenters. The molecule has 1 aromatic rings. The zero-order valence-corrected chi connectivity index (χ0v) is 11.6. The summed E-state index contributed by atoms with van der Waals surface area (Å²) in [5.41, 5.74) is -3.32. The zero-order valence-electron chi connectivity index (χ0n) is 10.00. The second-order valence-corrected chi connectivity index (χ2v) is 4.76. The van der Waals surface area contributed by atoms with Gasteiger partial charge in [-0.2, -0.15) is 35.1 Å². The standard InChI is InChI=1S/C10H5BrF9NO/c11-4-1-3(2-5(6(4)21)22-7(12)13)8(14,9(15,16)17)10(18,19)20/h1-2,7H,21H2. The Labute approximate surface area is 125 Å². The van der Waals surface area contributed by atoms with Crippen LogP contribution >= 0.6 is 15.9 Å². The first kappa shape index (κ1) is 18.7. The van der Waals surface area contributed by atoms with Gasteiger partial charge in [-0.3, -0.25) is 0 Å². The molecule has 0 bridgehead atoms. The van der Waals surface area contributed by atoms with Crippen molar-refractivity contribution in [2.45, 2.75) is 24.6 Å². The topological polar surface area (TPSA) is 35.2 Å². The Morgan fingerprint density at radius 3 is 1.77 bits per heavy atom. The molecule has 0 spiro atoms. The van der Waals surface area contributed by atoms with Crippen LogP contribution in [0.2, 0.25) is 0 Å². The molecule has 22 heavy (non-hydrogen) atoms. The molecule has 0 radical (unpaired) electrons. The minimum absolute atomic E-state index is 0.0919. The second kappa shape index (κ2) is 5.70. The average Bonchev–Trinajstić information content (AvgIpc) is 2.30. The fraction of sp³-hybridized carbons (Fsp3) is 0.400. The summed E-state index contributed by atoms with van der Waals surface area (Å²) in [6, 6.07) is -0.0815. The summed E-state index contributed by atoms with van der Waals surface area (Å²) in [4.78, 5) is 0. The quantitative estimate of drug-likeness (QED) is 0.572. The Bertz CT molecular complexity index is 541. The van der Waals surface area contributed by atoms with Crippen molar-refractivity contribution in [3.63, 3.8) is 0 Å².